The number of carbonyl (C=O) groups is 1. The highest BCUT2D eigenvalue weighted by molar-refractivity contribution is 5.90. The Morgan fingerprint density at radius 2 is 2.23 bits per heavy atom. The number of aliphatic imine (C=N–C) groups is 1. The van der Waals surface area contributed by atoms with E-state index in [-0.39, 0.29) is 18.4 Å². The summed E-state index contributed by atoms with van der Waals surface area (Å²) in [6, 6.07) is 7.16. The minimum absolute atomic E-state index is 0.231. The number of nitrogens with one attached hydrogen (secondary N) is 5. The van der Waals surface area contributed by atoms with Gasteiger partial charge in [-0.1, -0.05) is 6.07 Å². The van der Waals surface area contributed by atoms with Crippen molar-refractivity contribution in [3.63, 3.8) is 0 Å². The fourth-order valence-electron chi connectivity index (χ4n) is 2.72. The lowest BCUT2D eigenvalue weighted by atomic mass is 10.2. The average molecular weight is 362 g/mol. The number of amides is 2. The molecule has 1 fully saturated rings. The van der Waals surface area contributed by atoms with Gasteiger partial charge in [0.05, 0.1) is 7.11 Å². The molecule has 5 N–H and O–H groups in total. The van der Waals surface area contributed by atoms with E-state index in [1.165, 1.54) is 0 Å². The lowest BCUT2D eigenvalue weighted by molar-refractivity contribution is 0.240. The van der Waals surface area contributed by atoms with Gasteiger partial charge in [-0.25, -0.2) is 4.79 Å². The van der Waals surface area contributed by atoms with Crippen LogP contribution in [0.3, 0.4) is 0 Å². The quantitative estimate of drug-likeness (QED) is 0.451. The molecule has 2 atom stereocenters. The lowest BCUT2D eigenvalue weighted by Gasteiger charge is -2.32. The molecule has 0 saturated carbocycles. The van der Waals surface area contributed by atoms with Crippen LogP contribution in [0.5, 0.6) is 5.75 Å². The molecule has 0 bridgehead atoms. The SMILES string of the molecule is CNCCCCN=C1CC(C)NC(NC(=O)Nc2cccc(OC)c2)N1. The summed E-state index contributed by atoms with van der Waals surface area (Å²) in [5.74, 6) is 1.62. The summed E-state index contributed by atoms with van der Waals surface area (Å²) in [5, 5.41) is 15.3. The van der Waals surface area contributed by atoms with Crippen molar-refractivity contribution in [2.45, 2.75) is 38.5 Å². The summed E-state index contributed by atoms with van der Waals surface area (Å²) < 4.78 is 5.16. The number of benzene rings is 1. The molecule has 8 nitrogen and oxygen atoms in total. The minimum atomic E-state index is -0.361. The zero-order valence-electron chi connectivity index (χ0n) is 15.8. The first kappa shape index (κ1) is 20.0. The first-order valence-corrected chi connectivity index (χ1v) is 9.03. The molecule has 2 unspecified atom stereocenters. The highest BCUT2D eigenvalue weighted by Crippen LogP contribution is 2.16. The number of ether oxygens (including phenoxy) is 1. The van der Waals surface area contributed by atoms with Gasteiger partial charge in [-0.05, 0) is 45.5 Å². The largest absolute Gasteiger partial charge is 0.497 e. The Morgan fingerprint density at radius 1 is 1.38 bits per heavy atom. The number of carbonyl (C=O) groups excluding carboxylic acids is 1. The fraction of sp³-hybridized carbons (Fsp3) is 0.556. The van der Waals surface area contributed by atoms with E-state index in [0.717, 1.165) is 38.2 Å². The number of hydrogen-bond acceptors (Lipinski definition) is 5. The molecule has 1 heterocycles. The topological polar surface area (TPSA) is 98.8 Å². The maximum absolute atomic E-state index is 12.2. The van der Waals surface area contributed by atoms with Gasteiger partial charge >= 0.3 is 6.03 Å². The van der Waals surface area contributed by atoms with E-state index < -0.39 is 0 Å². The fourth-order valence-corrected chi connectivity index (χ4v) is 2.72. The summed E-state index contributed by atoms with van der Waals surface area (Å²) >= 11 is 0. The molecular weight excluding hydrogens is 332 g/mol. The zero-order chi connectivity index (χ0) is 18.8. The Morgan fingerprint density at radius 3 is 3.00 bits per heavy atom. The zero-order valence-corrected chi connectivity index (χ0v) is 15.8. The van der Waals surface area contributed by atoms with Crippen molar-refractivity contribution < 1.29 is 9.53 Å². The molecule has 0 aliphatic carbocycles. The van der Waals surface area contributed by atoms with Crippen LogP contribution in [0.4, 0.5) is 10.5 Å². The Balaban J connectivity index is 1.83. The smallest absolute Gasteiger partial charge is 0.321 e. The summed E-state index contributed by atoms with van der Waals surface area (Å²) in [6.07, 6.45) is 2.61. The molecule has 1 aliphatic rings. The van der Waals surface area contributed by atoms with E-state index in [9.17, 15) is 4.79 Å². The van der Waals surface area contributed by atoms with Gasteiger partial charge in [0.1, 0.15) is 11.6 Å². The minimum Gasteiger partial charge on any atom is -0.497 e. The first-order chi connectivity index (χ1) is 12.6. The van der Waals surface area contributed by atoms with Crippen molar-refractivity contribution in [1.82, 2.24) is 21.3 Å². The van der Waals surface area contributed by atoms with Crippen molar-refractivity contribution in [3.05, 3.63) is 24.3 Å². The molecule has 2 amide bonds. The average Bonchev–Trinajstić information content (AvgIpc) is 2.61. The number of unbranched alkanes of at least 4 members (excludes halogenated alkanes) is 1. The van der Waals surface area contributed by atoms with Crippen LogP contribution in [0.1, 0.15) is 26.2 Å². The van der Waals surface area contributed by atoms with Crippen LogP contribution < -0.4 is 31.3 Å². The third-order valence-electron chi connectivity index (χ3n) is 4.00. The maximum atomic E-state index is 12.2. The molecule has 26 heavy (non-hydrogen) atoms. The number of urea groups is 1. The molecule has 1 aromatic rings. The van der Waals surface area contributed by atoms with Crippen LogP contribution in [0.2, 0.25) is 0 Å². The number of anilines is 1. The number of nitrogens with zero attached hydrogens (tertiary/aromatic N) is 1. The van der Waals surface area contributed by atoms with Crippen LogP contribution >= 0.6 is 0 Å². The number of amidine groups is 1. The second-order valence-electron chi connectivity index (χ2n) is 6.32. The molecule has 1 aromatic carbocycles. The van der Waals surface area contributed by atoms with Gasteiger partial charge in [-0.15, -0.1) is 0 Å². The van der Waals surface area contributed by atoms with Gasteiger partial charge in [0.2, 0.25) is 0 Å². The first-order valence-electron chi connectivity index (χ1n) is 9.03. The number of methoxy groups -OCH3 is 1. The molecule has 1 saturated heterocycles. The third kappa shape index (κ3) is 6.89. The Bertz CT molecular complexity index is 607. The molecule has 8 heteroatoms. The van der Waals surface area contributed by atoms with Gasteiger partial charge in [0, 0.05) is 30.8 Å². The second kappa shape index (κ2) is 10.6. The summed E-state index contributed by atoms with van der Waals surface area (Å²) in [5.41, 5.74) is 0.670. The van der Waals surface area contributed by atoms with Crippen molar-refractivity contribution >= 4 is 17.6 Å². The highest BCUT2D eigenvalue weighted by Gasteiger charge is 2.22. The Kier molecular flexibility index (Phi) is 8.17. The molecule has 0 radical (unpaired) electrons. The summed E-state index contributed by atoms with van der Waals surface area (Å²) in [6.45, 7) is 3.87. The van der Waals surface area contributed by atoms with Gasteiger partial charge in [-0.3, -0.25) is 10.3 Å². The second-order valence-corrected chi connectivity index (χ2v) is 6.32. The monoisotopic (exact) mass is 362 g/mol. The van der Waals surface area contributed by atoms with Crippen molar-refractivity contribution in [2.24, 2.45) is 4.99 Å². The molecule has 2 rings (SSSR count). The third-order valence-corrected chi connectivity index (χ3v) is 4.00. The summed E-state index contributed by atoms with van der Waals surface area (Å²) in [4.78, 5) is 16.9. The van der Waals surface area contributed by atoms with E-state index >= 15 is 0 Å². The van der Waals surface area contributed by atoms with Crippen molar-refractivity contribution in [3.8, 4) is 5.75 Å². The van der Waals surface area contributed by atoms with Gasteiger partial charge in [0.15, 0.2) is 6.29 Å². The van der Waals surface area contributed by atoms with E-state index in [1.807, 2.05) is 25.2 Å². The van der Waals surface area contributed by atoms with Gasteiger partial charge in [-0.2, -0.15) is 0 Å². The highest BCUT2D eigenvalue weighted by atomic mass is 16.5. The number of rotatable bonds is 8. The van der Waals surface area contributed by atoms with Crippen LogP contribution in [-0.4, -0.2) is 51.4 Å². The molecule has 1 aliphatic heterocycles. The summed E-state index contributed by atoms with van der Waals surface area (Å²) in [7, 11) is 3.55. The Labute approximate surface area is 155 Å². The molecule has 144 valence electrons. The van der Waals surface area contributed by atoms with E-state index in [4.69, 9.17) is 4.74 Å². The normalized spacial score (nSPS) is 21.1. The Hall–Kier alpha value is -2.32. The molecule has 0 spiro atoms. The van der Waals surface area contributed by atoms with Gasteiger partial charge < -0.3 is 26.0 Å². The van der Waals surface area contributed by atoms with E-state index in [1.54, 1.807) is 13.2 Å². The van der Waals surface area contributed by atoms with Crippen LogP contribution in [0.25, 0.3) is 0 Å². The van der Waals surface area contributed by atoms with Crippen molar-refractivity contribution in [1.29, 1.82) is 0 Å². The predicted octanol–water partition coefficient (Wildman–Crippen LogP) is 1.47. The van der Waals surface area contributed by atoms with Gasteiger partial charge in [0.25, 0.3) is 0 Å². The van der Waals surface area contributed by atoms with Crippen LogP contribution in [-0.2, 0) is 0 Å². The molecule has 0 aromatic heterocycles. The predicted molar refractivity (Wildman–Crippen MR) is 105 cm³/mol. The van der Waals surface area contributed by atoms with E-state index in [0.29, 0.717) is 11.4 Å². The van der Waals surface area contributed by atoms with Crippen LogP contribution in [0, 0.1) is 0 Å². The standard InChI is InChI=1S/C18H30N6O2/c1-13-11-16(20-10-5-4-9-19-2)23-17(21-13)24-18(25)22-14-7-6-8-15(12-14)26-3/h6-8,12-13,17,19,21H,4-5,9-11H2,1-3H3,(H,20,23)(H2,22,24,25). The van der Waals surface area contributed by atoms with E-state index in [2.05, 4.69) is 38.5 Å². The lowest BCUT2D eigenvalue weighted by Crippen LogP contribution is -2.63. The molecular formula is C18H30N6O2. The maximum Gasteiger partial charge on any atom is 0.321 e. The number of hydrogen-bond donors (Lipinski definition) is 5. The van der Waals surface area contributed by atoms with Crippen molar-refractivity contribution in [2.75, 3.05) is 32.6 Å². The van der Waals surface area contributed by atoms with Crippen LogP contribution in [0.15, 0.2) is 29.3 Å².